The number of aromatic amines is 2. The predicted molar refractivity (Wildman–Crippen MR) is 224 cm³/mol. The standard InChI is InChI=1S/C45H55N7O7/c1-9-25(3)38(50-43(54)57-8)42(53)51-20-24(2)14-35(51)40-46-19-34(48-40)28-10-12-30-29(16-28)23-58-37-18-31-27(17-32(30)37)11-13-33-39(31)49-41(47-33)36-15-26(22-56-7)21-52(36)44(55)59-45(4,5)6/h10-13,16-19,24-26,35-36,38H,9,14-15,20-23H2,1-8H3,(H,46,48)(H,47,49)(H,50,54)/t24-,25?,26?,35?,36-,38?/m0/s1. The number of hydrogen-bond acceptors (Lipinski definition) is 9. The lowest BCUT2D eigenvalue weighted by molar-refractivity contribution is -0.135. The molecule has 0 spiro atoms. The molecule has 3 aliphatic heterocycles. The van der Waals surface area contributed by atoms with Crippen molar-refractivity contribution in [2.45, 2.75) is 91.1 Å². The van der Waals surface area contributed by atoms with Crippen LogP contribution < -0.4 is 10.1 Å². The van der Waals surface area contributed by atoms with Crippen molar-refractivity contribution in [3.63, 3.8) is 0 Å². The zero-order valence-corrected chi connectivity index (χ0v) is 35.2. The molecule has 0 aliphatic carbocycles. The highest BCUT2D eigenvalue weighted by molar-refractivity contribution is 6.07. The third kappa shape index (κ3) is 7.82. The van der Waals surface area contributed by atoms with Crippen LogP contribution in [-0.2, 0) is 25.6 Å². The lowest BCUT2D eigenvalue weighted by Gasteiger charge is -2.30. The number of carbonyl (C=O) groups is 3. The number of nitrogens with one attached hydrogen (secondary N) is 3. The highest BCUT2D eigenvalue weighted by atomic mass is 16.6. The smallest absolute Gasteiger partial charge is 0.410 e. The largest absolute Gasteiger partial charge is 0.488 e. The van der Waals surface area contributed by atoms with Crippen molar-refractivity contribution in [3.8, 4) is 28.1 Å². The third-order valence-corrected chi connectivity index (χ3v) is 12.1. The molecule has 14 heteroatoms. The summed E-state index contributed by atoms with van der Waals surface area (Å²) in [4.78, 5) is 60.0. The van der Waals surface area contributed by atoms with E-state index in [4.69, 9.17) is 28.9 Å². The summed E-state index contributed by atoms with van der Waals surface area (Å²) in [6.07, 6.45) is 3.06. The molecule has 0 radical (unpaired) electrons. The highest BCUT2D eigenvalue weighted by Crippen LogP contribution is 2.44. The summed E-state index contributed by atoms with van der Waals surface area (Å²) in [5.74, 6) is 2.48. The summed E-state index contributed by atoms with van der Waals surface area (Å²) in [5, 5.41) is 4.81. The second-order valence-corrected chi connectivity index (χ2v) is 17.5. The molecule has 0 bridgehead atoms. The predicted octanol–water partition coefficient (Wildman–Crippen LogP) is 8.29. The second-order valence-electron chi connectivity index (χ2n) is 17.5. The second kappa shape index (κ2) is 15.9. The van der Waals surface area contributed by atoms with Crippen molar-refractivity contribution in [2.75, 3.05) is 33.9 Å². The van der Waals surface area contributed by atoms with Gasteiger partial charge in [0.25, 0.3) is 0 Å². The van der Waals surface area contributed by atoms with Crippen molar-refractivity contribution in [1.82, 2.24) is 35.1 Å². The molecule has 4 unspecified atom stereocenters. The van der Waals surface area contributed by atoms with Gasteiger partial charge in [-0.05, 0) is 91.8 Å². The van der Waals surface area contributed by atoms with Gasteiger partial charge in [0.1, 0.15) is 35.6 Å². The van der Waals surface area contributed by atoms with Gasteiger partial charge in [0, 0.05) is 37.1 Å². The number of benzene rings is 3. The van der Waals surface area contributed by atoms with Gasteiger partial charge in [0.15, 0.2) is 0 Å². The zero-order chi connectivity index (χ0) is 41.7. The van der Waals surface area contributed by atoms with Gasteiger partial charge in [-0.2, -0.15) is 0 Å². The van der Waals surface area contributed by atoms with E-state index in [-0.39, 0.29) is 41.8 Å². The normalized spacial score (nSPS) is 21.2. The Bertz CT molecular complexity index is 2400. The number of nitrogens with zero attached hydrogens (tertiary/aromatic N) is 4. The van der Waals surface area contributed by atoms with E-state index in [1.807, 2.05) is 51.8 Å². The van der Waals surface area contributed by atoms with Crippen LogP contribution in [0.5, 0.6) is 5.75 Å². The first-order chi connectivity index (χ1) is 28.2. The molecule has 0 saturated carbocycles. The summed E-state index contributed by atoms with van der Waals surface area (Å²) in [6, 6.07) is 13.5. The van der Waals surface area contributed by atoms with Crippen LogP contribution in [0.1, 0.15) is 90.1 Å². The maximum atomic E-state index is 13.9. The molecule has 3 amide bonds. The Morgan fingerprint density at radius 2 is 1.78 bits per heavy atom. The van der Waals surface area contributed by atoms with Crippen molar-refractivity contribution in [1.29, 1.82) is 0 Å². The average Bonchev–Trinajstić information content (AvgIpc) is 4.03. The lowest BCUT2D eigenvalue weighted by atomic mass is 9.92. The fourth-order valence-corrected chi connectivity index (χ4v) is 8.95. The molecule has 3 N–H and O–H groups in total. The number of likely N-dealkylation sites (tertiary alicyclic amines) is 2. The number of amides is 3. The van der Waals surface area contributed by atoms with Gasteiger partial charge in [-0.3, -0.25) is 9.69 Å². The van der Waals surface area contributed by atoms with Crippen LogP contribution in [0.2, 0.25) is 0 Å². The number of alkyl carbamates (subject to hydrolysis) is 1. The molecule has 5 heterocycles. The highest BCUT2D eigenvalue weighted by Gasteiger charge is 2.42. The Labute approximate surface area is 344 Å². The lowest BCUT2D eigenvalue weighted by Crippen LogP contribution is -2.51. The number of methoxy groups -OCH3 is 2. The molecule has 59 heavy (non-hydrogen) atoms. The van der Waals surface area contributed by atoms with Gasteiger partial charge < -0.3 is 39.1 Å². The van der Waals surface area contributed by atoms with Crippen LogP contribution in [0.4, 0.5) is 9.59 Å². The minimum atomic E-state index is -0.693. The molecule has 3 aromatic carbocycles. The van der Waals surface area contributed by atoms with Crippen molar-refractivity contribution >= 4 is 39.9 Å². The first-order valence-corrected chi connectivity index (χ1v) is 20.7. The van der Waals surface area contributed by atoms with Gasteiger partial charge in [-0.1, -0.05) is 45.4 Å². The molecule has 3 aliphatic rings. The molecule has 6 atom stereocenters. The molecular weight excluding hydrogens is 751 g/mol. The summed E-state index contributed by atoms with van der Waals surface area (Å²) in [6.45, 7) is 13.8. The number of fused-ring (bicyclic) bond motifs is 6. The zero-order valence-electron chi connectivity index (χ0n) is 35.2. The molecular formula is C45H55N7O7. The van der Waals surface area contributed by atoms with Gasteiger partial charge in [0.05, 0.1) is 48.7 Å². The monoisotopic (exact) mass is 805 g/mol. The van der Waals surface area contributed by atoms with Crippen LogP contribution in [0, 0.1) is 17.8 Å². The van der Waals surface area contributed by atoms with E-state index in [2.05, 4.69) is 58.6 Å². The number of rotatable bonds is 9. The Balaban J connectivity index is 1.05. The SMILES string of the molecule is CCC(C)C(NC(=O)OC)C(=O)N1C[C@@H](C)CC1c1ncc(-c2ccc3c(c2)COc2cc4c(ccc5nc([C@@H]6CC(COC)CN6C(=O)OC(C)(C)C)[nH]c54)cc2-3)[nH]1. The molecule has 5 aromatic rings. The first-order valence-electron chi connectivity index (χ1n) is 20.7. The average molecular weight is 806 g/mol. The minimum Gasteiger partial charge on any atom is -0.488 e. The van der Waals surface area contributed by atoms with Crippen LogP contribution in [0.3, 0.4) is 0 Å². The van der Waals surface area contributed by atoms with Gasteiger partial charge in [0.2, 0.25) is 5.91 Å². The van der Waals surface area contributed by atoms with E-state index < -0.39 is 17.7 Å². The Kier molecular flexibility index (Phi) is 10.8. The quantitative estimate of drug-likeness (QED) is 0.133. The summed E-state index contributed by atoms with van der Waals surface area (Å²) in [5.41, 5.74) is 6.08. The Hall–Kier alpha value is -5.63. The summed E-state index contributed by atoms with van der Waals surface area (Å²) >= 11 is 0. The molecule has 312 valence electrons. The van der Waals surface area contributed by atoms with E-state index in [0.717, 1.165) is 86.4 Å². The summed E-state index contributed by atoms with van der Waals surface area (Å²) < 4.78 is 22.5. The number of H-pyrrole nitrogens is 2. The van der Waals surface area contributed by atoms with E-state index in [9.17, 15) is 14.4 Å². The van der Waals surface area contributed by atoms with Crippen molar-refractivity contribution < 1.29 is 33.3 Å². The number of aromatic nitrogens is 4. The van der Waals surface area contributed by atoms with E-state index in [0.29, 0.717) is 26.3 Å². The molecule has 2 aromatic heterocycles. The van der Waals surface area contributed by atoms with E-state index in [1.54, 1.807) is 12.0 Å². The third-order valence-electron chi connectivity index (χ3n) is 12.1. The van der Waals surface area contributed by atoms with Gasteiger partial charge in [-0.25, -0.2) is 19.6 Å². The van der Waals surface area contributed by atoms with Crippen molar-refractivity contribution in [3.05, 3.63) is 65.9 Å². The van der Waals surface area contributed by atoms with Gasteiger partial charge in [-0.15, -0.1) is 0 Å². The van der Waals surface area contributed by atoms with E-state index >= 15 is 0 Å². The Morgan fingerprint density at radius 3 is 2.53 bits per heavy atom. The minimum absolute atomic E-state index is 0.0689. The summed E-state index contributed by atoms with van der Waals surface area (Å²) in [7, 11) is 2.99. The molecule has 14 nitrogen and oxygen atoms in total. The number of carbonyl (C=O) groups excluding carboxylic acids is 3. The van der Waals surface area contributed by atoms with Gasteiger partial charge >= 0.3 is 12.2 Å². The fourth-order valence-electron chi connectivity index (χ4n) is 8.95. The molecule has 2 fully saturated rings. The molecule has 2 saturated heterocycles. The maximum Gasteiger partial charge on any atom is 0.410 e. The fraction of sp³-hybridized carbons (Fsp3) is 0.489. The number of hydrogen-bond donors (Lipinski definition) is 3. The van der Waals surface area contributed by atoms with Crippen LogP contribution in [-0.4, -0.2) is 93.4 Å². The van der Waals surface area contributed by atoms with E-state index in [1.165, 1.54) is 7.11 Å². The topological polar surface area (TPSA) is 164 Å². The maximum absolute atomic E-state index is 13.9. The number of imidazole rings is 2. The van der Waals surface area contributed by atoms with Crippen molar-refractivity contribution in [2.24, 2.45) is 17.8 Å². The Morgan fingerprint density at radius 1 is 0.983 bits per heavy atom. The first kappa shape index (κ1) is 40.2. The van der Waals surface area contributed by atoms with Crippen LogP contribution in [0.15, 0.2) is 48.7 Å². The van der Waals surface area contributed by atoms with Crippen LogP contribution >= 0.6 is 0 Å². The van der Waals surface area contributed by atoms with Crippen LogP contribution in [0.25, 0.3) is 44.2 Å². The number of ether oxygens (including phenoxy) is 4. The molecule has 8 rings (SSSR count).